The molecule has 0 bridgehead atoms. The lowest BCUT2D eigenvalue weighted by atomic mass is 9.83. The van der Waals surface area contributed by atoms with E-state index in [2.05, 4.69) is 15.9 Å². The quantitative estimate of drug-likeness (QED) is 0.922. The summed E-state index contributed by atoms with van der Waals surface area (Å²) in [6, 6.07) is 4.82. The molecule has 1 aliphatic heterocycles. The van der Waals surface area contributed by atoms with Crippen molar-refractivity contribution < 1.29 is 13.9 Å². The molecule has 1 unspecified atom stereocenters. The first-order chi connectivity index (χ1) is 9.07. The largest absolute Gasteiger partial charge is 0.381 e. The summed E-state index contributed by atoms with van der Waals surface area (Å²) in [7, 11) is 1.67. The number of hydrogen-bond donors (Lipinski definition) is 1. The van der Waals surface area contributed by atoms with Crippen LogP contribution in [0.4, 0.5) is 4.39 Å². The van der Waals surface area contributed by atoms with Crippen molar-refractivity contribution in [3.63, 3.8) is 0 Å². The monoisotopic (exact) mass is 331 g/mol. The summed E-state index contributed by atoms with van der Waals surface area (Å²) in [6.07, 6.45) is 1.97. The first-order valence-electron chi connectivity index (χ1n) is 6.40. The number of nitrogens with two attached hydrogens (primary N) is 1. The van der Waals surface area contributed by atoms with Crippen LogP contribution in [0.1, 0.15) is 18.4 Å². The van der Waals surface area contributed by atoms with E-state index in [1.807, 2.05) is 6.07 Å². The molecule has 1 saturated heterocycles. The zero-order chi connectivity index (χ0) is 13.9. The molecule has 3 nitrogen and oxygen atoms in total. The van der Waals surface area contributed by atoms with Crippen LogP contribution in [0.3, 0.4) is 0 Å². The van der Waals surface area contributed by atoms with Gasteiger partial charge in [0.25, 0.3) is 0 Å². The highest BCUT2D eigenvalue weighted by Crippen LogP contribution is 2.29. The van der Waals surface area contributed by atoms with Crippen molar-refractivity contribution in [3.8, 4) is 0 Å². The van der Waals surface area contributed by atoms with Crippen LogP contribution < -0.4 is 5.73 Å². The Hall–Kier alpha value is -0.490. The Morgan fingerprint density at radius 3 is 2.74 bits per heavy atom. The summed E-state index contributed by atoms with van der Waals surface area (Å²) < 4.78 is 25.6. The second-order valence-corrected chi connectivity index (χ2v) is 5.84. The fourth-order valence-corrected chi connectivity index (χ4v) is 2.89. The second kappa shape index (κ2) is 6.31. The van der Waals surface area contributed by atoms with Crippen molar-refractivity contribution in [2.24, 2.45) is 5.73 Å². The Labute approximate surface area is 121 Å². The summed E-state index contributed by atoms with van der Waals surface area (Å²) >= 11 is 3.25. The molecule has 1 fully saturated rings. The second-order valence-electron chi connectivity index (χ2n) is 4.93. The summed E-state index contributed by atoms with van der Waals surface area (Å²) in [6.45, 7) is 1.29. The van der Waals surface area contributed by atoms with Gasteiger partial charge in [0.05, 0.1) is 5.60 Å². The minimum Gasteiger partial charge on any atom is -0.381 e. The fraction of sp³-hybridized carbons (Fsp3) is 0.571. The van der Waals surface area contributed by atoms with E-state index in [1.54, 1.807) is 13.2 Å². The summed E-state index contributed by atoms with van der Waals surface area (Å²) in [5.41, 5.74) is 6.49. The first kappa shape index (κ1) is 14.9. The molecule has 0 aliphatic carbocycles. The van der Waals surface area contributed by atoms with Gasteiger partial charge in [-0.3, -0.25) is 0 Å². The van der Waals surface area contributed by atoms with Gasteiger partial charge in [0, 0.05) is 43.7 Å². The van der Waals surface area contributed by atoms with Crippen LogP contribution in [0, 0.1) is 5.82 Å². The molecule has 0 aromatic heterocycles. The average molecular weight is 332 g/mol. The summed E-state index contributed by atoms with van der Waals surface area (Å²) in [5, 5.41) is 0. The van der Waals surface area contributed by atoms with Crippen molar-refractivity contribution in [3.05, 3.63) is 34.1 Å². The van der Waals surface area contributed by atoms with Crippen LogP contribution >= 0.6 is 15.9 Å². The van der Waals surface area contributed by atoms with Crippen molar-refractivity contribution in [1.29, 1.82) is 0 Å². The number of rotatable bonds is 4. The molecule has 1 aliphatic rings. The van der Waals surface area contributed by atoms with Crippen LogP contribution in [0.25, 0.3) is 0 Å². The molecule has 5 heteroatoms. The van der Waals surface area contributed by atoms with E-state index in [9.17, 15) is 4.39 Å². The topological polar surface area (TPSA) is 44.5 Å². The number of halogens is 2. The third-order valence-corrected chi connectivity index (χ3v) is 4.37. The van der Waals surface area contributed by atoms with Gasteiger partial charge in [-0.2, -0.15) is 0 Å². The van der Waals surface area contributed by atoms with Gasteiger partial charge in [0.15, 0.2) is 0 Å². The highest BCUT2D eigenvalue weighted by Gasteiger charge is 2.38. The maximum Gasteiger partial charge on any atom is 0.127 e. The van der Waals surface area contributed by atoms with Crippen LogP contribution in [0.2, 0.25) is 0 Å². The molecule has 2 N–H and O–H groups in total. The minimum absolute atomic E-state index is 0.233. The lowest BCUT2D eigenvalue weighted by molar-refractivity contribution is -0.103. The summed E-state index contributed by atoms with van der Waals surface area (Å²) in [4.78, 5) is 0. The number of methoxy groups -OCH3 is 1. The Morgan fingerprint density at radius 1 is 1.47 bits per heavy atom. The van der Waals surface area contributed by atoms with Gasteiger partial charge in [-0.1, -0.05) is 22.0 Å². The van der Waals surface area contributed by atoms with Gasteiger partial charge < -0.3 is 15.2 Å². The van der Waals surface area contributed by atoms with E-state index in [-0.39, 0.29) is 11.9 Å². The SMILES string of the molecule is COC1(C(N)Cc2ccc(Br)cc2F)CCOCC1. The molecule has 0 radical (unpaired) electrons. The van der Waals surface area contributed by atoms with E-state index in [1.165, 1.54) is 6.07 Å². The molecule has 1 aromatic rings. The predicted octanol–water partition coefficient (Wildman–Crippen LogP) is 2.65. The Balaban J connectivity index is 2.12. The zero-order valence-electron chi connectivity index (χ0n) is 11.0. The average Bonchev–Trinajstić information content (AvgIpc) is 2.42. The van der Waals surface area contributed by atoms with E-state index in [4.69, 9.17) is 15.2 Å². The molecule has 1 atom stereocenters. The third kappa shape index (κ3) is 3.34. The predicted molar refractivity (Wildman–Crippen MR) is 75.6 cm³/mol. The maximum absolute atomic E-state index is 13.9. The Morgan fingerprint density at radius 2 is 2.16 bits per heavy atom. The van der Waals surface area contributed by atoms with E-state index in [0.717, 1.165) is 17.3 Å². The lowest BCUT2D eigenvalue weighted by Gasteiger charge is -2.40. The van der Waals surface area contributed by atoms with E-state index >= 15 is 0 Å². The van der Waals surface area contributed by atoms with Gasteiger partial charge in [-0.05, 0) is 24.1 Å². The molecule has 1 heterocycles. The Bertz CT molecular complexity index is 435. The molecule has 0 amide bonds. The van der Waals surface area contributed by atoms with Crippen LogP contribution in [-0.4, -0.2) is 32.0 Å². The minimum atomic E-state index is -0.405. The maximum atomic E-state index is 13.9. The van der Waals surface area contributed by atoms with Crippen molar-refractivity contribution in [2.45, 2.75) is 30.9 Å². The van der Waals surface area contributed by atoms with Crippen molar-refractivity contribution >= 4 is 15.9 Å². The molecular formula is C14H19BrFNO2. The standard InChI is InChI=1S/C14H19BrFNO2/c1-18-14(4-6-19-7-5-14)13(17)8-10-2-3-11(15)9-12(10)16/h2-3,9,13H,4-8,17H2,1H3. The van der Waals surface area contributed by atoms with Gasteiger partial charge in [0.2, 0.25) is 0 Å². The lowest BCUT2D eigenvalue weighted by Crippen LogP contribution is -2.54. The highest BCUT2D eigenvalue weighted by atomic mass is 79.9. The van der Waals surface area contributed by atoms with Gasteiger partial charge in [0.1, 0.15) is 5.82 Å². The number of hydrogen-bond acceptors (Lipinski definition) is 3. The van der Waals surface area contributed by atoms with Gasteiger partial charge >= 0.3 is 0 Å². The molecule has 2 rings (SSSR count). The van der Waals surface area contributed by atoms with Gasteiger partial charge in [-0.15, -0.1) is 0 Å². The zero-order valence-corrected chi connectivity index (χ0v) is 12.6. The number of ether oxygens (including phenoxy) is 2. The van der Waals surface area contributed by atoms with Gasteiger partial charge in [-0.25, -0.2) is 4.39 Å². The summed E-state index contributed by atoms with van der Waals surface area (Å²) in [5.74, 6) is -0.233. The smallest absolute Gasteiger partial charge is 0.127 e. The molecule has 0 saturated carbocycles. The molecule has 106 valence electrons. The van der Waals surface area contributed by atoms with Crippen LogP contribution in [-0.2, 0) is 15.9 Å². The Kier molecular flexibility index (Phi) is 4.95. The van der Waals surface area contributed by atoms with Crippen LogP contribution in [0.5, 0.6) is 0 Å². The highest BCUT2D eigenvalue weighted by molar-refractivity contribution is 9.10. The van der Waals surface area contributed by atoms with E-state index in [0.29, 0.717) is 25.2 Å². The molecule has 1 aromatic carbocycles. The molecule has 0 spiro atoms. The van der Waals surface area contributed by atoms with Crippen LogP contribution in [0.15, 0.2) is 22.7 Å². The third-order valence-electron chi connectivity index (χ3n) is 3.88. The van der Waals surface area contributed by atoms with Crippen molar-refractivity contribution in [2.75, 3.05) is 20.3 Å². The van der Waals surface area contributed by atoms with Crippen molar-refractivity contribution in [1.82, 2.24) is 0 Å². The molecular weight excluding hydrogens is 313 g/mol. The molecule has 19 heavy (non-hydrogen) atoms. The fourth-order valence-electron chi connectivity index (χ4n) is 2.55. The number of benzene rings is 1. The van der Waals surface area contributed by atoms with E-state index < -0.39 is 5.60 Å². The normalized spacial score (nSPS) is 20.2. The first-order valence-corrected chi connectivity index (χ1v) is 7.19.